The molecule has 1 aromatic heterocycles. The van der Waals surface area contributed by atoms with Gasteiger partial charge in [0, 0.05) is 7.05 Å². The number of nitrogens with one attached hydrogen (secondary N) is 1. The highest BCUT2D eigenvalue weighted by Gasteiger charge is 2.17. The number of carboxylic acid groups (broad SMARTS) is 1. The first-order chi connectivity index (χ1) is 8.15. The Hall–Kier alpha value is -2.30. The first kappa shape index (κ1) is 11.2. The van der Waals surface area contributed by atoms with E-state index in [2.05, 4.69) is 10.4 Å². The van der Waals surface area contributed by atoms with Gasteiger partial charge in [-0.05, 0) is 18.6 Å². The Kier molecular flexibility index (Phi) is 2.82. The Balaban J connectivity index is 2.61. The van der Waals surface area contributed by atoms with Crippen molar-refractivity contribution in [2.75, 3.05) is 12.4 Å². The number of carbonyl (C=O) groups is 1. The third-order valence-corrected chi connectivity index (χ3v) is 2.58. The third kappa shape index (κ3) is 1.87. The van der Waals surface area contributed by atoms with E-state index in [1.807, 2.05) is 31.2 Å². The zero-order valence-corrected chi connectivity index (χ0v) is 9.64. The number of hydrogen-bond donors (Lipinski definition) is 2. The minimum atomic E-state index is -0.991. The Bertz CT molecular complexity index is 561. The summed E-state index contributed by atoms with van der Waals surface area (Å²) in [6.45, 7) is 1.96. The van der Waals surface area contributed by atoms with E-state index in [4.69, 9.17) is 5.11 Å². The molecule has 0 aliphatic carbocycles. The lowest BCUT2D eigenvalue weighted by atomic mass is 10.2. The molecule has 0 saturated carbocycles. The molecule has 0 unspecified atom stereocenters. The molecule has 1 aromatic carbocycles. The van der Waals surface area contributed by atoms with Crippen LogP contribution in [0.1, 0.15) is 15.9 Å². The lowest BCUT2D eigenvalue weighted by Crippen LogP contribution is -2.07. The Morgan fingerprint density at radius 2 is 2.12 bits per heavy atom. The van der Waals surface area contributed by atoms with Gasteiger partial charge in [0.05, 0.1) is 11.9 Å². The van der Waals surface area contributed by atoms with Gasteiger partial charge in [-0.3, -0.25) is 0 Å². The maximum Gasteiger partial charge on any atom is 0.341 e. The smallest absolute Gasteiger partial charge is 0.341 e. The maximum atomic E-state index is 11.0. The predicted molar refractivity (Wildman–Crippen MR) is 64.8 cm³/mol. The van der Waals surface area contributed by atoms with E-state index in [1.54, 1.807) is 11.7 Å². The quantitative estimate of drug-likeness (QED) is 0.846. The molecular formula is C12H13N3O2. The molecule has 0 spiro atoms. The highest BCUT2D eigenvalue weighted by molar-refractivity contribution is 5.93. The Morgan fingerprint density at radius 1 is 1.41 bits per heavy atom. The van der Waals surface area contributed by atoms with Crippen LogP contribution >= 0.6 is 0 Å². The number of aromatic carboxylic acids is 1. The summed E-state index contributed by atoms with van der Waals surface area (Å²) in [5.41, 5.74) is 2.06. The van der Waals surface area contributed by atoms with Gasteiger partial charge in [0.2, 0.25) is 0 Å². The molecule has 88 valence electrons. The van der Waals surface area contributed by atoms with Crippen LogP contribution < -0.4 is 5.32 Å². The topological polar surface area (TPSA) is 67.2 Å². The van der Waals surface area contributed by atoms with Crippen LogP contribution in [0, 0.1) is 6.92 Å². The highest BCUT2D eigenvalue weighted by atomic mass is 16.4. The standard InChI is InChI=1S/C12H13N3O2/c1-8-5-3-4-6-10(8)15-11(13-2)9(7-14-15)12(16)17/h3-7,13H,1-2H3,(H,16,17). The summed E-state index contributed by atoms with van der Waals surface area (Å²) >= 11 is 0. The SMILES string of the molecule is CNc1c(C(=O)O)cnn1-c1ccccc1C. The second-order valence-corrected chi connectivity index (χ2v) is 3.66. The van der Waals surface area contributed by atoms with Crippen molar-refractivity contribution >= 4 is 11.8 Å². The van der Waals surface area contributed by atoms with Crippen molar-refractivity contribution < 1.29 is 9.90 Å². The molecule has 17 heavy (non-hydrogen) atoms. The molecule has 5 heteroatoms. The van der Waals surface area contributed by atoms with Crippen molar-refractivity contribution in [3.8, 4) is 5.69 Å². The van der Waals surface area contributed by atoms with Crippen LogP contribution in [-0.4, -0.2) is 27.9 Å². The number of benzene rings is 1. The van der Waals surface area contributed by atoms with Crippen LogP contribution in [0.4, 0.5) is 5.82 Å². The van der Waals surface area contributed by atoms with E-state index in [1.165, 1.54) is 6.20 Å². The maximum absolute atomic E-state index is 11.0. The Labute approximate surface area is 98.7 Å². The molecule has 0 fully saturated rings. The lowest BCUT2D eigenvalue weighted by Gasteiger charge is -2.09. The largest absolute Gasteiger partial charge is 0.477 e. The van der Waals surface area contributed by atoms with E-state index in [0.717, 1.165) is 11.3 Å². The number of hydrogen-bond acceptors (Lipinski definition) is 3. The summed E-state index contributed by atoms with van der Waals surface area (Å²) in [6.07, 6.45) is 1.35. The van der Waals surface area contributed by atoms with Crippen molar-refractivity contribution in [2.45, 2.75) is 6.92 Å². The molecule has 0 amide bonds. The first-order valence-electron chi connectivity index (χ1n) is 5.20. The average molecular weight is 231 g/mol. The normalized spacial score (nSPS) is 10.2. The van der Waals surface area contributed by atoms with Crippen molar-refractivity contribution in [1.82, 2.24) is 9.78 Å². The number of carboxylic acids is 1. The van der Waals surface area contributed by atoms with Crippen LogP contribution in [0.25, 0.3) is 5.69 Å². The minimum Gasteiger partial charge on any atom is -0.477 e. The van der Waals surface area contributed by atoms with Crippen molar-refractivity contribution in [3.63, 3.8) is 0 Å². The lowest BCUT2D eigenvalue weighted by molar-refractivity contribution is 0.0698. The van der Waals surface area contributed by atoms with E-state index >= 15 is 0 Å². The predicted octanol–water partition coefficient (Wildman–Crippen LogP) is 1.92. The summed E-state index contributed by atoms with van der Waals surface area (Å²) in [5, 5.41) is 16.0. The van der Waals surface area contributed by atoms with Crippen LogP contribution in [0.5, 0.6) is 0 Å². The van der Waals surface area contributed by atoms with E-state index < -0.39 is 5.97 Å². The number of rotatable bonds is 3. The zero-order chi connectivity index (χ0) is 12.4. The van der Waals surface area contributed by atoms with Crippen molar-refractivity contribution in [1.29, 1.82) is 0 Å². The second-order valence-electron chi connectivity index (χ2n) is 3.66. The fraction of sp³-hybridized carbons (Fsp3) is 0.167. The number of nitrogens with zero attached hydrogens (tertiary/aromatic N) is 2. The first-order valence-corrected chi connectivity index (χ1v) is 5.20. The molecule has 0 radical (unpaired) electrons. The molecule has 2 N–H and O–H groups in total. The van der Waals surface area contributed by atoms with Gasteiger partial charge in [-0.15, -0.1) is 0 Å². The highest BCUT2D eigenvalue weighted by Crippen LogP contribution is 2.21. The summed E-state index contributed by atoms with van der Waals surface area (Å²) in [5.74, 6) is -0.513. The molecule has 5 nitrogen and oxygen atoms in total. The van der Waals surface area contributed by atoms with Gasteiger partial charge >= 0.3 is 5.97 Å². The molecule has 2 rings (SSSR count). The molecule has 0 saturated heterocycles. The number of para-hydroxylation sites is 1. The fourth-order valence-electron chi connectivity index (χ4n) is 1.73. The van der Waals surface area contributed by atoms with Crippen LogP contribution in [-0.2, 0) is 0 Å². The number of aryl methyl sites for hydroxylation is 1. The number of anilines is 1. The van der Waals surface area contributed by atoms with Crippen molar-refractivity contribution in [3.05, 3.63) is 41.6 Å². The van der Waals surface area contributed by atoms with Gasteiger partial charge in [0.1, 0.15) is 11.4 Å². The monoisotopic (exact) mass is 231 g/mol. The molecule has 0 bridgehead atoms. The van der Waals surface area contributed by atoms with E-state index in [0.29, 0.717) is 5.82 Å². The van der Waals surface area contributed by atoms with Gasteiger partial charge in [-0.25, -0.2) is 9.48 Å². The molecular weight excluding hydrogens is 218 g/mol. The van der Waals surface area contributed by atoms with Gasteiger partial charge in [-0.2, -0.15) is 5.10 Å². The van der Waals surface area contributed by atoms with Crippen LogP contribution in [0.3, 0.4) is 0 Å². The average Bonchev–Trinajstić information content (AvgIpc) is 2.73. The van der Waals surface area contributed by atoms with Gasteiger partial charge in [0.25, 0.3) is 0 Å². The minimum absolute atomic E-state index is 0.163. The van der Waals surface area contributed by atoms with Gasteiger partial charge in [-0.1, -0.05) is 18.2 Å². The number of aromatic nitrogens is 2. The second kappa shape index (κ2) is 4.29. The van der Waals surface area contributed by atoms with Crippen LogP contribution in [0.15, 0.2) is 30.5 Å². The molecule has 1 heterocycles. The Morgan fingerprint density at radius 3 is 2.71 bits per heavy atom. The fourth-order valence-corrected chi connectivity index (χ4v) is 1.73. The summed E-state index contributed by atoms with van der Waals surface area (Å²) in [4.78, 5) is 11.0. The summed E-state index contributed by atoms with van der Waals surface area (Å²) in [6, 6.07) is 7.68. The van der Waals surface area contributed by atoms with E-state index in [9.17, 15) is 4.79 Å². The van der Waals surface area contributed by atoms with E-state index in [-0.39, 0.29) is 5.56 Å². The molecule has 0 aliphatic rings. The molecule has 0 aliphatic heterocycles. The summed E-state index contributed by atoms with van der Waals surface area (Å²) < 4.78 is 1.60. The molecule has 0 atom stereocenters. The molecule has 2 aromatic rings. The zero-order valence-electron chi connectivity index (χ0n) is 9.64. The van der Waals surface area contributed by atoms with Gasteiger partial charge < -0.3 is 10.4 Å². The third-order valence-electron chi connectivity index (χ3n) is 2.58. The van der Waals surface area contributed by atoms with Crippen LogP contribution in [0.2, 0.25) is 0 Å². The van der Waals surface area contributed by atoms with Gasteiger partial charge in [0.15, 0.2) is 0 Å². The van der Waals surface area contributed by atoms with Crippen molar-refractivity contribution in [2.24, 2.45) is 0 Å². The summed E-state index contributed by atoms with van der Waals surface area (Å²) in [7, 11) is 1.68.